The molecule has 0 heterocycles. The molecule has 0 saturated heterocycles. The van der Waals surface area contributed by atoms with Gasteiger partial charge in [0.15, 0.2) is 0 Å². The first-order chi connectivity index (χ1) is 8.41. The first-order valence-corrected chi connectivity index (χ1v) is 5.85. The van der Waals surface area contributed by atoms with E-state index < -0.39 is 18.0 Å². The van der Waals surface area contributed by atoms with Crippen LogP contribution in [-0.2, 0) is 4.79 Å². The van der Waals surface area contributed by atoms with Crippen LogP contribution in [0.15, 0.2) is 18.2 Å². The Bertz CT molecular complexity index is 428. The highest BCUT2D eigenvalue weighted by atomic mass is 35.5. The van der Waals surface area contributed by atoms with E-state index in [-0.39, 0.29) is 23.9 Å². The normalized spacial score (nSPS) is 14.1. The quantitative estimate of drug-likeness (QED) is 0.761. The first kappa shape index (κ1) is 14.9. The molecule has 100 valence electrons. The third kappa shape index (κ3) is 4.25. The number of aliphatic hydroxyl groups excluding tert-OH is 2. The summed E-state index contributed by atoms with van der Waals surface area (Å²) in [5.41, 5.74) is 0.330. The molecule has 1 aromatic carbocycles. The van der Waals surface area contributed by atoms with E-state index in [0.29, 0.717) is 5.56 Å². The number of rotatable bonds is 5. The number of carbonyl (C=O) groups is 1. The van der Waals surface area contributed by atoms with Crippen LogP contribution in [-0.4, -0.2) is 28.8 Å². The molecule has 0 aliphatic heterocycles. The Morgan fingerprint density at radius 1 is 1.50 bits per heavy atom. The molecule has 2 unspecified atom stereocenters. The van der Waals surface area contributed by atoms with Gasteiger partial charge in [0.1, 0.15) is 11.9 Å². The van der Waals surface area contributed by atoms with Crippen LogP contribution in [0.1, 0.15) is 25.0 Å². The minimum Gasteiger partial charge on any atom is -0.390 e. The number of nitrogens with one attached hydrogen (secondary N) is 1. The largest absolute Gasteiger partial charge is 0.390 e. The van der Waals surface area contributed by atoms with Gasteiger partial charge in [-0.1, -0.05) is 17.7 Å². The van der Waals surface area contributed by atoms with Crippen molar-refractivity contribution in [3.8, 4) is 0 Å². The zero-order chi connectivity index (χ0) is 13.7. The minimum absolute atomic E-state index is 0.111. The lowest BCUT2D eigenvalue weighted by Crippen LogP contribution is -2.27. The van der Waals surface area contributed by atoms with Gasteiger partial charge in [-0.3, -0.25) is 4.79 Å². The van der Waals surface area contributed by atoms with Crippen LogP contribution in [0.4, 0.5) is 4.39 Å². The Kier molecular flexibility index (Phi) is 5.53. The molecule has 1 aromatic rings. The lowest BCUT2D eigenvalue weighted by molar-refractivity contribution is -0.119. The summed E-state index contributed by atoms with van der Waals surface area (Å²) in [7, 11) is 0. The van der Waals surface area contributed by atoms with Crippen molar-refractivity contribution in [3.63, 3.8) is 0 Å². The van der Waals surface area contributed by atoms with Crippen LogP contribution in [0.25, 0.3) is 0 Å². The van der Waals surface area contributed by atoms with Crippen LogP contribution in [0.2, 0.25) is 5.02 Å². The van der Waals surface area contributed by atoms with Crippen LogP contribution in [0.5, 0.6) is 0 Å². The van der Waals surface area contributed by atoms with Crippen molar-refractivity contribution in [3.05, 3.63) is 34.6 Å². The summed E-state index contributed by atoms with van der Waals surface area (Å²) in [4.78, 5) is 10.6. The molecule has 3 N–H and O–H groups in total. The van der Waals surface area contributed by atoms with Crippen molar-refractivity contribution in [2.45, 2.75) is 25.6 Å². The van der Waals surface area contributed by atoms with Gasteiger partial charge in [0.05, 0.1) is 11.1 Å². The zero-order valence-corrected chi connectivity index (χ0v) is 10.6. The summed E-state index contributed by atoms with van der Waals surface area (Å²) >= 11 is 5.58. The highest BCUT2D eigenvalue weighted by Gasteiger charge is 2.19. The first-order valence-electron chi connectivity index (χ1n) is 5.47. The van der Waals surface area contributed by atoms with Gasteiger partial charge in [0, 0.05) is 13.5 Å². The number of hydrogen-bond acceptors (Lipinski definition) is 3. The fraction of sp³-hybridized carbons (Fsp3) is 0.417. The molecule has 1 amide bonds. The fourth-order valence-corrected chi connectivity index (χ4v) is 1.66. The van der Waals surface area contributed by atoms with Crippen molar-refractivity contribution >= 4 is 17.5 Å². The van der Waals surface area contributed by atoms with Crippen LogP contribution in [0, 0.1) is 5.82 Å². The number of amides is 1. The van der Waals surface area contributed by atoms with Gasteiger partial charge in [0.25, 0.3) is 0 Å². The Morgan fingerprint density at radius 3 is 2.72 bits per heavy atom. The van der Waals surface area contributed by atoms with Crippen LogP contribution >= 0.6 is 11.6 Å². The van der Waals surface area contributed by atoms with E-state index in [1.807, 2.05) is 0 Å². The Labute approximate surface area is 109 Å². The Morgan fingerprint density at radius 2 is 2.17 bits per heavy atom. The van der Waals surface area contributed by atoms with Crippen molar-refractivity contribution in [2.75, 3.05) is 6.54 Å². The van der Waals surface area contributed by atoms with Gasteiger partial charge in [-0.2, -0.15) is 0 Å². The Hall–Kier alpha value is -1.17. The molecule has 2 atom stereocenters. The van der Waals surface area contributed by atoms with Gasteiger partial charge in [0.2, 0.25) is 5.91 Å². The van der Waals surface area contributed by atoms with E-state index in [1.165, 1.54) is 19.1 Å². The lowest BCUT2D eigenvalue weighted by atomic mass is 10.0. The van der Waals surface area contributed by atoms with E-state index in [9.17, 15) is 19.4 Å². The summed E-state index contributed by atoms with van der Waals surface area (Å²) in [6.07, 6.45) is -2.04. The van der Waals surface area contributed by atoms with Crippen molar-refractivity contribution in [1.29, 1.82) is 0 Å². The lowest BCUT2D eigenvalue weighted by Gasteiger charge is -2.18. The smallest absolute Gasteiger partial charge is 0.216 e. The second kappa shape index (κ2) is 6.68. The van der Waals surface area contributed by atoms with Gasteiger partial charge in [-0.05, 0) is 24.1 Å². The summed E-state index contributed by atoms with van der Waals surface area (Å²) in [5.74, 6) is -0.790. The maximum Gasteiger partial charge on any atom is 0.216 e. The van der Waals surface area contributed by atoms with E-state index in [0.717, 1.165) is 6.07 Å². The topological polar surface area (TPSA) is 69.6 Å². The van der Waals surface area contributed by atoms with Crippen molar-refractivity contribution in [1.82, 2.24) is 5.32 Å². The van der Waals surface area contributed by atoms with Crippen LogP contribution in [0.3, 0.4) is 0 Å². The van der Waals surface area contributed by atoms with Crippen molar-refractivity contribution in [2.24, 2.45) is 0 Å². The third-order valence-corrected chi connectivity index (χ3v) is 2.75. The molecular weight excluding hydrogens is 261 g/mol. The zero-order valence-electron chi connectivity index (χ0n) is 9.86. The van der Waals surface area contributed by atoms with E-state index in [4.69, 9.17) is 11.6 Å². The van der Waals surface area contributed by atoms with Gasteiger partial charge in [-0.15, -0.1) is 0 Å². The van der Waals surface area contributed by atoms with Crippen LogP contribution < -0.4 is 5.32 Å². The number of carbonyl (C=O) groups excluding carboxylic acids is 1. The maximum atomic E-state index is 12.9. The molecule has 0 radical (unpaired) electrons. The molecule has 1 rings (SSSR count). The molecule has 0 spiro atoms. The van der Waals surface area contributed by atoms with E-state index in [2.05, 4.69) is 5.32 Å². The maximum absolute atomic E-state index is 12.9. The van der Waals surface area contributed by atoms with Gasteiger partial charge >= 0.3 is 0 Å². The van der Waals surface area contributed by atoms with Gasteiger partial charge < -0.3 is 15.5 Å². The molecule has 0 saturated carbocycles. The predicted octanol–water partition coefficient (Wildman–Crippen LogP) is 1.40. The predicted molar refractivity (Wildman–Crippen MR) is 65.7 cm³/mol. The van der Waals surface area contributed by atoms with Crippen molar-refractivity contribution < 1.29 is 19.4 Å². The number of halogens is 2. The second-order valence-electron chi connectivity index (χ2n) is 3.96. The van der Waals surface area contributed by atoms with Gasteiger partial charge in [-0.25, -0.2) is 4.39 Å². The number of hydrogen-bond donors (Lipinski definition) is 3. The monoisotopic (exact) mass is 275 g/mol. The molecule has 0 bridgehead atoms. The summed E-state index contributed by atoms with van der Waals surface area (Å²) in [6.45, 7) is 1.62. The summed E-state index contributed by atoms with van der Waals surface area (Å²) in [5, 5.41) is 21.9. The molecule has 0 aliphatic rings. The highest BCUT2D eigenvalue weighted by Crippen LogP contribution is 2.23. The minimum atomic E-state index is -1.17. The van der Waals surface area contributed by atoms with E-state index in [1.54, 1.807) is 0 Å². The highest BCUT2D eigenvalue weighted by molar-refractivity contribution is 6.30. The SMILES string of the molecule is CC(=O)NCCC(O)C(O)c1ccc(F)c(Cl)c1. The molecule has 0 aromatic heterocycles. The third-order valence-electron chi connectivity index (χ3n) is 2.46. The second-order valence-corrected chi connectivity index (χ2v) is 4.36. The molecule has 6 heteroatoms. The molecule has 18 heavy (non-hydrogen) atoms. The van der Waals surface area contributed by atoms with E-state index >= 15 is 0 Å². The average Bonchev–Trinajstić information content (AvgIpc) is 2.31. The average molecular weight is 276 g/mol. The molecule has 0 fully saturated rings. The molecule has 4 nitrogen and oxygen atoms in total. The molecular formula is C12H15ClFNO3. The Balaban J connectivity index is 2.59. The fourth-order valence-electron chi connectivity index (χ4n) is 1.47. The standard InChI is InChI=1S/C12H15ClFNO3/c1-7(16)15-5-4-11(17)12(18)8-2-3-10(14)9(13)6-8/h2-3,6,11-12,17-18H,4-5H2,1H3,(H,15,16). The number of benzene rings is 1. The summed E-state index contributed by atoms with van der Waals surface area (Å²) < 4.78 is 12.9. The summed E-state index contributed by atoms with van der Waals surface area (Å²) in [6, 6.07) is 3.75. The molecule has 0 aliphatic carbocycles. The number of aliphatic hydroxyl groups is 2.